The second kappa shape index (κ2) is 5.22. The molecule has 1 atom stereocenters. The van der Waals surface area contributed by atoms with Crippen LogP contribution in [0.15, 0.2) is 24.3 Å². The van der Waals surface area contributed by atoms with E-state index in [1.54, 1.807) is 24.3 Å². The largest absolute Gasteiger partial charge is 0.481 e. The van der Waals surface area contributed by atoms with E-state index in [-0.39, 0.29) is 25.3 Å². The molecule has 1 amide bonds. The average Bonchev–Trinajstić information content (AvgIpc) is 2.71. The Hall–Kier alpha value is -1.93. The fourth-order valence-electron chi connectivity index (χ4n) is 2.11. The summed E-state index contributed by atoms with van der Waals surface area (Å²) < 4.78 is 22.5. The fourth-order valence-corrected chi connectivity index (χ4v) is 2.84. The maximum Gasteiger partial charge on any atom is 0.307 e. The molecule has 1 heterocycles. The number of hydrogen-bond donors (Lipinski definition) is 2. The van der Waals surface area contributed by atoms with Crippen molar-refractivity contribution in [2.24, 2.45) is 5.14 Å². The molecule has 1 fully saturated rings. The van der Waals surface area contributed by atoms with E-state index in [2.05, 4.69) is 0 Å². The molecule has 1 saturated heterocycles. The van der Waals surface area contributed by atoms with Crippen molar-refractivity contribution < 1.29 is 23.1 Å². The smallest absolute Gasteiger partial charge is 0.307 e. The summed E-state index contributed by atoms with van der Waals surface area (Å²) in [4.78, 5) is 23.7. The van der Waals surface area contributed by atoms with Crippen molar-refractivity contribution in [3.63, 3.8) is 0 Å². The van der Waals surface area contributed by atoms with Gasteiger partial charge < -0.3 is 10.0 Å². The van der Waals surface area contributed by atoms with Crippen LogP contribution in [0.4, 0.5) is 5.69 Å². The van der Waals surface area contributed by atoms with Gasteiger partial charge in [0, 0.05) is 18.7 Å². The highest BCUT2D eigenvalue weighted by atomic mass is 32.2. The molecule has 0 aliphatic carbocycles. The zero-order valence-corrected chi connectivity index (χ0v) is 11.3. The predicted octanol–water partition coefficient (Wildman–Crippen LogP) is -0.292. The molecule has 20 heavy (non-hydrogen) atoms. The molecule has 108 valence electrons. The van der Waals surface area contributed by atoms with Crippen molar-refractivity contribution in [1.29, 1.82) is 0 Å². The molecule has 2 rings (SSSR count). The predicted molar refractivity (Wildman–Crippen MR) is 71.6 cm³/mol. The monoisotopic (exact) mass is 298 g/mol. The first kappa shape index (κ1) is 14.5. The molecule has 0 saturated carbocycles. The second-order valence-electron chi connectivity index (χ2n) is 4.66. The number of hydrogen-bond acceptors (Lipinski definition) is 4. The van der Waals surface area contributed by atoms with E-state index in [4.69, 9.17) is 10.2 Å². The number of amides is 1. The Morgan fingerprint density at radius 2 is 1.95 bits per heavy atom. The van der Waals surface area contributed by atoms with E-state index in [0.717, 1.165) is 0 Å². The van der Waals surface area contributed by atoms with Gasteiger partial charge in [-0.3, -0.25) is 9.59 Å². The molecule has 0 radical (unpaired) electrons. The number of carbonyl (C=O) groups excluding carboxylic acids is 1. The number of carboxylic acids is 1. The molecule has 0 bridgehead atoms. The fraction of sp³-hybridized carbons (Fsp3) is 0.333. The van der Waals surface area contributed by atoms with Crippen LogP contribution in [0.5, 0.6) is 0 Å². The van der Waals surface area contributed by atoms with Crippen molar-refractivity contribution in [2.45, 2.75) is 18.1 Å². The molecule has 0 aromatic heterocycles. The Balaban J connectivity index is 2.16. The highest BCUT2D eigenvalue weighted by molar-refractivity contribution is 7.89. The van der Waals surface area contributed by atoms with Gasteiger partial charge in [0.25, 0.3) is 0 Å². The lowest BCUT2D eigenvalue weighted by Crippen LogP contribution is -2.32. The number of carboxylic acid groups (broad SMARTS) is 1. The van der Waals surface area contributed by atoms with Crippen molar-refractivity contribution in [3.8, 4) is 0 Å². The lowest BCUT2D eigenvalue weighted by atomic mass is 10.1. The summed E-state index contributed by atoms with van der Waals surface area (Å²) in [6.45, 7) is 0.0238. The number of rotatable bonds is 4. The summed E-state index contributed by atoms with van der Waals surface area (Å²) in [6.07, 6.45) is -0.232. The van der Waals surface area contributed by atoms with Crippen molar-refractivity contribution >= 4 is 27.6 Å². The van der Waals surface area contributed by atoms with Crippen molar-refractivity contribution in [2.75, 3.05) is 11.4 Å². The van der Waals surface area contributed by atoms with E-state index in [1.807, 2.05) is 0 Å². The maximum absolute atomic E-state index is 11.8. The average molecular weight is 298 g/mol. The maximum atomic E-state index is 11.8. The third-order valence-corrected chi connectivity index (χ3v) is 4.40. The third kappa shape index (κ3) is 3.14. The lowest BCUT2D eigenvalue weighted by molar-refractivity contribution is -0.136. The van der Waals surface area contributed by atoms with Gasteiger partial charge >= 0.3 is 5.97 Å². The van der Waals surface area contributed by atoms with E-state index >= 15 is 0 Å². The minimum atomic E-state index is -3.74. The number of sulfonamides is 1. The van der Waals surface area contributed by atoms with Crippen molar-refractivity contribution in [3.05, 3.63) is 29.8 Å². The first-order chi connectivity index (χ1) is 9.27. The van der Waals surface area contributed by atoms with Gasteiger partial charge in [0.1, 0.15) is 5.25 Å². The van der Waals surface area contributed by atoms with Gasteiger partial charge in [0.05, 0.1) is 6.42 Å². The van der Waals surface area contributed by atoms with Crippen LogP contribution < -0.4 is 10.0 Å². The van der Waals surface area contributed by atoms with Crippen LogP contribution in [-0.4, -0.2) is 37.2 Å². The molecule has 1 aromatic rings. The molecule has 7 nitrogen and oxygen atoms in total. The first-order valence-corrected chi connectivity index (χ1v) is 7.51. The van der Waals surface area contributed by atoms with Crippen LogP contribution in [0.25, 0.3) is 0 Å². The number of primary sulfonamides is 1. The Bertz CT molecular complexity index is 638. The second-order valence-corrected chi connectivity index (χ2v) is 6.50. The molecule has 1 unspecified atom stereocenters. The third-order valence-electron chi connectivity index (χ3n) is 3.16. The quantitative estimate of drug-likeness (QED) is 0.791. The zero-order chi connectivity index (χ0) is 14.9. The SMILES string of the molecule is NS(=O)(=O)C1CC(=O)N(c2ccc(CC(=O)O)cc2)C1. The standard InChI is InChI=1S/C12H14N2O5S/c13-20(18,19)10-6-11(15)14(7-10)9-3-1-8(2-4-9)5-12(16)17/h1-4,10H,5-7H2,(H,16,17)(H2,13,18,19). The number of carbonyl (C=O) groups is 2. The number of nitrogens with zero attached hydrogens (tertiary/aromatic N) is 1. The normalized spacial score (nSPS) is 19.4. The number of aliphatic carboxylic acids is 1. The number of benzene rings is 1. The van der Waals surface area contributed by atoms with Crippen LogP contribution in [-0.2, 0) is 26.0 Å². The van der Waals surface area contributed by atoms with Crippen LogP contribution in [0.2, 0.25) is 0 Å². The van der Waals surface area contributed by atoms with Gasteiger partial charge in [0.15, 0.2) is 0 Å². The summed E-state index contributed by atoms with van der Waals surface area (Å²) in [7, 11) is -3.74. The topological polar surface area (TPSA) is 118 Å². The van der Waals surface area contributed by atoms with E-state index in [9.17, 15) is 18.0 Å². The summed E-state index contributed by atoms with van der Waals surface area (Å²) >= 11 is 0. The van der Waals surface area contributed by atoms with E-state index in [0.29, 0.717) is 11.3 Å². The Morgan fingerprint density at radius 3 is 2.40 bits per heavy atom. The lowest BCUT2D eigenvalue weighted by Gasteiger charge is -2.16. The molecule has 0 spiro atoms. The summed E-state index contributed by atoms with van der Waals surface area (Å²) in [6, 6.07) is 6.39. The van der Waals surface area contributed by atoms with Gasteiger partial charge in [-0.2, -0.15) is 0 Å². The molecule has 1 aliphatic rings. The Labute approximate surface area is 116 Å². The summed E-state index contributed by atoms with van der Waals surface area (Å²) in [5.74, 6) is -1.25. The van der Waals surface area contributed by atoms with E-state index < -0.39 is 21.2 Å². The van der Waals surface area contributed by atoms with Crippen LogP contribution >= 0.6 is 0 Å². The van der Waals surface area contributed by atoms with Gasteiger partial charge in [-0.15, -0.1) is 0 Å². The highest BCUT2D eigenvalue weighted by Crippen LogP contribution is 2.24. The molecule has 1 aliphatic heterocycles. The molecule has 3 N–H and O–H groups in total. The van der Waals surface area contributed by atoms with Crippen LogP contribution in [0, 0.1) is 0 Å². The van der Waals surface area contributed by atoms with Gasteiger partial charge in [-0.05, 0) is 17.7 Å². The van der Waals surface area contributed by atoms with E-state index in [1.165, 1.54) is 4.90 Å². The summed E-state index contributed by atoms with van der Waals surface area (Å²) in [5, 5.41) is 12.8. The molecular formula is C12H14N2O5S. The van der Waals surface area contributed by atoms with Gasteiger partial charge in [-0.25, -0.2) is 13.6 Å². The Morgan fingerprint density at radius 1 is 1.35 bits per heavy atom. The van der Waals surface area contributed by atoms with Gasteiger partial charge in [-0.1, -0.05) is 12.1 Å². The van der Waals surface area contributed by atoms with Crippen LogP contribution in [0.3, 0.4) is 0 Å². The zero-order valence-electron chi connectivity index (χ0n) is 10.5. The summed E-state index contributed by atoms with van der Waals surface area (Å²) in [5.41, 5.74) is 1.14. The van der Waals surface area contributed by atoms with Crippen molar-refractivity contribution in [1.82, 2.24) is 0 Å². The Kier molecular flexibility index (Phi) is 3.78. The first-order valence-electron chi connectivity index (χ1n) is 5.90. The molecule has 8 heteroatoms. The number of anilines is 1. The van der Waals surface area contributed by atoms with Crippen LogP contribution in [0.1, 0.15) is 12.0 Å². The van der Waals surface area contributed by atoms with Gasteiger partial charge in [0.2, 0.25) is 15.9 Å². The molecule has 1 aromatic carbocycles. The number of nitrogens with two attached hydrogens (primary N) is 1. The minimum Gasteiger partial charge on any atom is -0.481 e. The molecular weight excluding hydrogens is 284 g/mol. The minimum absolute atomic E-state index is 0.0238. The highest BCUT2D eigenvalue weighted by Gasteiger charge is 2.37.